The first-order chi connectivity index (χ1) is 14.8. The van der Waals surface area contributed by atoms with Crippen LogP contribution in [0.2, 0.25) is 0 Å². The lowest BCUT2D eigenvalue weighted by Crippen LogP contribution is -2.36. The van der Waals surface area contributed by atoms with Gasteiger partial charge >= 0.3 is 0 Å². The molecule has 8 nitrogen and oxygen atoms in total. The molecule has 2 aliphatic heterocycles. The molecule has 0 unspecified atom stereocenters. The topological polar surface area (TPSA) is 80.9 Å². The van der Waals surface area contributed by atoms with E-state index in [1.807, 2.05) is 41.5 Å². The molecule has 10 heteroatoms. The SMILES string of the molecule is Cc1cc(/C=C2\SC(=S)N(C)C2=O)c(C)n1-c1ccc(N2CCOCC2)c([N+](=O)[O-])c1. The van der Waals surface area contributed by atoms with Crippen molar-refractivity contribution in [3.8, 4) is 5.69 Å². The molecular formula is C21H22N4O4S2. The number of hydrogen-bond donors (Lipinski definition) is 0. The molecule has 1 aromatic carbocycles. The molecule has 31 heavy (non-hydrogen) atoms. The fraction of sp³-hybridized carbons (Fsp3) is 0.333. The highest BCUT2D eigenvalue weighted by Crippen LogP contribution is 2.35. The van der Waals surface area contributed by atoms with Crippen LogP contribution in [-0.4, -0.2) is 58.0 Å². The summed E-state index contributed by atoms with van der Waals surface area (Å²) < 4.78 is 7.86. The summed E-state index contributed by atoms with van der Waals surface area (Å²) >= 11 is 6.48. The van der Waals surface area contributed by atoms with Crippen molar-refractivity contribution in [3.05, 3.63) is 56.2 Å². The first-order valence-electron chi connectivity index (χ1n) is 9.80. The number of anilines is 1. The summed E-state index contributed by atoms with van der Waals surface area (Å²) in [5.74, 6) is -0.120. The molecule has 2 aromatic rings. The van der Waals surface area contributed by atoms with E-state index in [1.165, 1.54) is 16.7 Å². The van der Waals surface area contributed by atoms with Crippen molar-refractivity contribution in [1.29, 1.82) is 0 Å². The molecule has 4 rings (SSSR count). The summed E-state index contributed by atoms with van der Waals surface area (Å²) in [6.07, 6.45) is 1.83. The predicted octanol–water partition coefficient (Wildman–Crippen LogP) is 3.67. The molecule has 162 valence electrons. The Balaban J connectivity index is 1.73. The van der Waals surface area contributed by atoms with E-state index in [4.69, 9.17) is 17.0 Å². The minimum Gasteiger partial charge on any atom is -0.378 e. The number of rotatable bonds is 4. The van der Waals surface area contributed by atoms with E-state index in [0.29, 0.717) is 46.9 Å². The van der Waals surface area contributed by atoms with Crippen LogP contribution in [0.25, 0.3) is 11.8 Å². The lowest BCUT2D eigenvalue weighted by atomic mass is 10.2. The number of hydrogen-bond acceptors (Lipinski definition) is 7. The lowest BCUT2D eigenvalue weighted by Gasteiger charge is -2.28. The van der Waals surface area contributed by atoms with Gasteiger partial charge < -0.3 is 14.2 Å². The molecule has 1 amide bonds. The minimum absolute atomic E-state index is 0.0697. The number of morpholine rings is 1. The van der Waals surface area contributed by atoms with E-state index in [0.717, 1.165) is 17.0 Å². The van der Waals surface area contributed by atoms with Gasteiger partial charge in [-0.3, -0.25) is 19.8 Å². The van der Waals surface area contributed by atoms with E-state index < -0.39 is 0 Å². The molecule has 2 aliphatic rings. The van der Waals surface area contributed by atoms with Gasteiger partial charge in [0.15, 0.2) is 0 Å². The Bertz CT molecular complexity index is 1120. The monoisotopic (exact) mass is 458 g/mol. The molecule has 2 saturated heterocycles. The normalized spacial score (nSPS) is 18.4. The number of thioether (sulfide) groups is 1. The molecule has 0 spiro atoms. The first-order valence-corrected chi connectivity index (χ1v) is 11.0. The minimum atomic E-state index is -0.337. The second kappa shape index (κ2) is 8.45. The summed E-state index contributed by atoms with van der Waals surface area (Å²) in [7, 11) is 1.66. The number of amides is 1. The number of aryl methyl sites for hydroxylation is 1. The van der Waals surface area contributed by atoms with E-state index in [2.05, 4.69) is 0 Å². The molecule has 1 aromatic heterocycles. The standard InChI is InChI=1S/C21H22N4O4S2/c1-13-10-15(11-19-20(26)22(3)21(30)31-19)14(2)24(13)16-4-5-17(18(12-16)25(27)28)23-6-8-29-9-7-23/h4-5,10-12H,6-9H2,1-3H3/b19-11-. The van der Waals surface area contributed by atoms with Gasteiger partial charge in [-0.2, -0.15) is 0 Å². The summed E-state index contributed by atoms with van der Waals surface area (Å²) in [6, 6.07) is 7.28. The van der Waals surface area contributed by atoms with Crippen LogP contribution in [0.5, 0.6) is 0 Å². The van der Waals surface area contributed by atoms with Gasteiger partial charge in [-0.25, -0.2) is 0 Å². The number of aromatic nitrogens is 1. The fourth-order valence-corrected chi connectivity index (χ4v) is 5.06. The number of thiocarbonyl (C=S) groups is 1. The van der Waals surface area contributed by atoms with Gasteiger partial charge in [0.05, 0.1) is 28.7 Å². The molecule has 0 N–H and O–H groups in total. The number of benzene rings is 1. The van der Waals surface area contributed by atoms with Crippen molar-refractivity contribution in [2.45, 2.75) is 13.8 Å². The molecule has 0 radical (unpaired) electrons. The van der Waals surface area contributed by atoms with Crippen molar-refractivity contribution in [2.24, 2.45) is 0 Å². The van der Waals surface area contributed by atoms with Crippen molar-refractivity contribution < 1.29 is 14.5 Å². The quantitative estimate of drug-likeness (QED) is 0.299. The zero-order valence-electron chi connectivity index (χ0n) is 17.5. The highest BCUT2D eigenvalue weighted by atomic mass is 32.2. The first kappa shape index (κ1) is 21.5. The Hall–Kier alpha value is -2.69. The van der Waals surface area contributed by atoms with E-state index >= 15 is 0 Å². The average molecular weight is 459 g/mol. The van der Waals surface area contributed by atoms with Crippen LogP contribution in [0, 0.1) is 24.0 Å². The van der Waals surface area contributed by atoms with Crippen LogP contribution in [0.1, 0.15) is 17.0 Å². The van der Waals surface area contributed by atoms with Crippen LogP contribution in [0.3, 0.4) is 0 Å². The Morgan fingerprint density at radius 2 is 1.94 bits per heavy atom. The number of ether oxygens (including phenoxy) is 1. The van der Waals surface area contributed by atoms with Crippen molar-refractivity contribution >= 4 is 51.7 Å². The van der Waals surface area contributed by atoms with Crippen LogP contribution in [0.4, 0.5) is 11.4 Å². The van der Waals surface area contributed by atoms with E-state index in [-0.39, 0.29) is 16.5 Å². The molecule has 0 atom stereocenters. The maximum absolute atomic E-state index is 12.4. The van der Waals surface area contributed by atoms with Crippen molar-refractivity contribution in [3.63, 3.8) is 0 Å². The predicted molar refractivity (Wildman–Crippen MR) is 126 cm³/mol. The Kier molecular flexibility index (Phi) is 5.87. The van der Waals surface area contributed by atoms with Crippen molar-refractivity contribution in [1.82, 2.24) is 9.47 Å². The highest BCUT2D eigenvalue weighted by molar-refractivity contribution is 8.26. The number of carbonyl (C=O) groups excluding carboxylic acids is 1. The van der Waals surface area contributed by atoms with Crippen molar-refractivity contribution in [2.75, 3.05) is 38.3 Å². The zero-order valence-corrected chi connectivity index (χ0v) is 19.1. The average Bonchev–Trinajstić information content (AvgIpc) is 3.17. The third kappa shape index (κ3) is 3.98. The maximum Gasteiger partial charge on any atom is 0.294 e. The van der Waals surface area contributed by atoms with Gasteiger partial charge in [0.1, 0.15) is 10.0 Å². The van der Waals surface area contributed by atoms with Gasteiger partial charge in [0, 0.05) is 37.6 Å². The third-order valence-electron chi connectivity index (χ3n) is 5.51. The highest BCUT2D eigenvalue weighted by Gasteiger charge is 2.29. The summed E-state index contributed by atoms with van der Waals surface area (Å²) in [5.41, 5.74) is 4.08. The number of nitro groups is 1. The van der Waals surface area contributed by atoms with Crippen LogP contribution >= 0.6 is 24.0 Å². The maximum atomic E-state index is 12.4. The molecule has 0 saturated carbocycles. The molecule has 2 fully saturated rings. The van der Waals surface area contributed by atoms with E-state index in [9.17, 15) is 14.9 Å². The molecule has 0 bridgehead atoms. The summed E-state index contributed by atoms with van der Waals surface area (Å²) in [4.78, 5) is 27.9. The Morgan fingerprint density at radius 1 is 1.23 bits per heavy atom. The molecular weight excluding hydrogens is 436 g/mol. The zero-order chi connectivity index (χ0) is 22.3. The van der Waals surface area contributed by atoms with E-state index in [1.54, 1.807) is 19.2 Å². The second-order valence-corrected chi connectivity index (χ2v) is 9.11. The van der Waals surface area contributed by atoms with Crippen LogP contribution < -0.4 is 4.90 Å². The van der Waals surface area contributed by atoms with Gasteiger partial charge in [-0.15, -0.1) is 0 Å². The van der Waals surface area contributed by atoms with Gasteiger partial charge in [-0.05, 0) is 43.7 Å². The Labute approximate surface area is 189 Å². The van der Waals surface area contributed by atoms with Gasteiger partial charge in [0.25, 0.3) is 11.6 Å². The Morgan fingerprint density at radius 3 is 2.55 bits per heavy atom. The summed E-state index contributed by atoms with van der Waals surface area (Å²) in [5, 5.41) is 11.8. The van der Waals surface area contributed by atoms with Gasteiger partial charge in [0.2, 0.25) is 0 Å². The number of likely N-dealkylation sites (N-methyl/N-ethyl adjacent to an activating group) is 1. The lowest BCUT2D eigenvalue weighted by molar-refractivity contribution is -0.384. The number of carbonyl (C=O) groups is 1. The number of nitrogens with zero attached hydrogens (tertiary/aromatic N) is 4. The van der Waals surface area contributed by atoms with Crippen LogP contribution in [0.15, 0.2) is 29.2 Å². The third-order valence-corrected chi connectivity index (χ3v) is 6.99. The largest absolute Gasteiger partial charge is 0.378 e. The molecule has 3 heterocycles. The smallest absolute Gasteiger partial charge is 0.294 e. The fourth-order valence-electron chi connectivity index (χ4n) is 3.89. The van der Waals surface area contributed by atoms with Crippen LogP contribution in [-0.2, 0) is 9.53 Å². The second-order valence-electron chi connectivity index (χ2n) is 7.43. The van der Waals surface area contributed by atoms with Gasteiger partial charge in [-0.1, -0.05) is 24.0 Å². The number of nitro benzene ring substituents is 1. The summed E-state index contributed by atoms with van der Waals surface area (Å²) in [6.45, 7) is 6.25. The molecule has 0 aliphatic carbocycles.